The van der Waals surface area contributed by atoms with Crippen molar-refractivity contribution >= 4 is 43.7 Å². The Labute approximate surface area is 230 Å². The lowest BCUT2D eigenvalue weighted by Crippen LogP contribution is -2.38. The largest absolute Gasteiger partial charge is 0.456 e. The van der Waals surface area contributed by atoms with Gasteiger partial charge in [0.2, 0.25) is 10.0 Å². The number of hydrogen-bond acceptors (Lipinski definition) is 7. The third-order valence-corrected chi connectivity index (χ3v) is 8.81. The predicted octanol–water partition coefficient (Wildman–Crippen LogP) is 5.31. The van der Waals surface area contributed by atoms with Crippen LogP contribution >= 0.6 is 11.6 Å². The Kier molecular flexibility index (Phi) is 6.57. The van der Waals surface area contributed by atoms with Gasteiger partial charge in [0, 0.05) is 42.9 Å². The van der Waals surface area contributed by atoms with Crippen LogP contribution in [0.2, 0.25) is 5.02 Å². The highest BCUT2D eigenvalue weighted by atomic mass is 35.5. The van der Waals surface area contributed by atoms with Crippen molar-refractivity contribution in [1.82, 2.24) is 34.0 Å². The molecule has 0 spiro atoms. The van der Waals surface area contributed by atoms with Gasteiger partial charge < -0.3 is 9.72 Å². The van der Waals surface area contributed by atoms with E-state index in [4.69, 9.17) is 21.3 Å². The summed E-state index contributed by atoms with van der Waals surface area (Å²) < 4.78 is 33.5. The number of aromatic amines is 1. The van der Waals surface area contributed by atoms with Gasteiger partial charge in [0.25, 0.3) is 0 Å². The zero-order valence-electron chi connectivity index (χ0n) is 21.2. The number of sulfonamides is 1. The molecule has 3 aromatic heterocycles. The van der Waals surface area contributed by atoms with E-state index >= 15 is 0 Å². The molecule has 0 aliphatic carbocycles. The lowest BCUT2D eigenvalue weighted by atomic mass is 9.98. The number of ether oxygens (including phenoxy) is 1. The number of halogens is 1. The molecule has 1 saturated heterocycles. The summed E-state index contributed by atoms with van der Waals surface area (Å²) in [5.74, 6) is 2.27. The molecule has 0 bridgehead atoms. The number of piperidine rings is 1. The topological polar surface area (TPSA) is 119 Å². The molecule has 0 saturated carbocycles. The number of aryl methyl sites for hydroxylation is 1. The van der Waals surface area contributed by atoms with Crippen LogP contribution in [0.15, 0.2) is 60.9 Å². The van der Waals surface area contributed by atoms with Crippen molar-refractivity contribution in [2.75, 3.05) is 13.1 Å². The first-order valence-electron chi connectivity index (χ1n) is 12.5. The van der Waals surface area contributed by atoms with Gasteiger partial charge in [0.15, 0.2) is 0 Å². The van der Waals surface area contributed by atoms with Gasteiger partial charge in [0.1, 0.15) is 27.9 Å². The maximum Gasteiger partial charge on any atom is 0.235 e. The van der Waals surface area contributed by atoms with Gasteiger partial charge in [-0.05, 0) is 49.9 Å². The number of H-pyrrole nitrogens is 1. The van der Waals surface area contributed by atoms with E-state index in [-0.39, 0.29) is 0 Å². The first-order valence-corrected chi connectivity index (χ1v) is 14.4. The van der Waals surface area contributed by atoms with Gasteiger partial charge in [0.05, 0.1) is 34.6 Å². The van der Waals surface area contributed by atoms with E-state index in [1.165, 1.54) is 4.31 Å². The van der Waals surface area contributed by atoms with Crippen molar-refractivity contribution in [3.05, 3.63) is 71.8 Å². The van der Waals surface area contributed by atoms with E-state index in [1.54, 1.807) is 18.5 Å². The lowest BCUT2D eigenvalue weighted by Gasteiger charge is -2.30. The van der Waals surface area contributed by atoms with E-state index in [9.17, 15) is 8.42 Å². The van der Waals surface area contributed by atoms with Crippen molar-refractivity contribution in [2.45, 2.75) is 26.3 Å². The molecule has 1 aliphatic rings. The van der Waals surface area contributed by atoms with Gasteiger partial charge in [-0.3, -0.25) is 9.67 Å². The van der Waals surface area contributed by atoms with Gasteiger partial charge in [-0.2, -0.15) is 9.40 Å². The summed E-state index contributed by atoms with van der Waals surface area (Å²) in [6, 6.07) is 9.24. The molecule has 39 heavy (non-hydrogen) atoms. The summed E-state index contributed by atoms with van der Waals surface area (Å²) in [4.78, 5) is 17.0. The summed E-state index contributed by atoms with van der Waals surface area (Å²) in [7, 11) is -3.36. The predicted molar refractivity (Wildman–Crippen MR) is 150 cm³/mol. The number of nitrogens with zero attached hydrogens (tertiary/aromatic N) is 6. The van der Waals surface area contributed by atoms with Crippen LogP contribution in [0.3, 0.4) is 0 Å². The molecule has 6 rings (SSSR count). The quantitative estimate of drug-likeness (QED) is 0.285. The molecule has 2 aromatic carbocycles. The summed E-state index contributed by atoms with van der Waals surface area (Å²) in [5, 5.41) is 5.89. The molecule has 0 radical (unpaired) electrons. The highest BCUT2D eigenvalue weighted by molar-refractivity contribution is 7.92. The average Bonchev–Trinajstić information content (AvgIpc) is 3.56. The van der Waals surface area contributed by atoms with Crippen LogP contribution in [-0.4, -0.2) is 55.5 Å². The zero-order chi connectivity index (χ0) is 27.1. The van der Waals surface area contributed by atoms with Crippen LogP contribution in [-0.2, 0) is 16.6 Å². The second-order valence-corrected chi connectivity index (χ2v) is 11.9. The maximum absolute atomic E-state index is 12.0. The van der Waals surface area contributed by atoms with Crippen LogP contribution in [0.25, 0.3) is 33.3 Å². The molecular formula is C27H26ClN7O3S. The van der Waals surface area contributed by atoms with Crippen molar-refractivity contribution in [3.8, 4) is 22.8 Å². The fourth-order valence-electron chi connectivity index (χ4n) is 4.86. The van der Waals surface area contributed by atoms with E-state index in [0.717, 1.165) is 40.7 Å². The molecule has 12 heteroatoms. The minimum absolute atomic E-state index is 0.329. The maximum atomic E-state index is 12.0. The number of rotatable bonds is 7. The van der Waals surface area contributed by atoms with Gasteiger partial charge in [-0.15, -0.1) is 0 Å². The molecule has 5 aromatic rings. The second kappa shape index (κ2) is 10.1. The number of fused-ring (bicyclic) bond motifs is 2. The summed E-state index contributed by atoms with van der Waals surface area (Å²) in [6.07, 6.45) is 6.92. The van der Waals surface area contributed by atoms with E-state index in [0.29, 0.717) is 58.8 Å². The Morgan fingerprint density at radius 2 is 1.95 bits per heavy atom. The smallest absolute Gasteiger partial charge is 0.235 e. The molecular weight excluding hydrogens is 538 g/mol. The van der Waals surface area contributed by atoms with E-state index in [1.807, 2.05) is 42.1 Å². The highest BCUT2D eigenvalue weighted by Crippen LogP contribution is 2.35. The minimum atomic E-state index is -3.36. The van der Waals surface area contributed by atoms with Crippen molar-refractivity contribution in [1.29, 1.82) is 0 Å². The SMILES string of the molecule is C=CS(=O)(=O)N1CCC(Cn2cc(-c3cnc4ccc(Oc5ccc6nc(C)[nH]c6c5)c(Cl)c4n3)cn2)CC1. The van der Waals surface area contributed by atoms with E-state index < -0.39 is 10.0 Å². The Hall–Kier alpha value is -3.80. The Bertz CT molecular complexity index is 1810. The average molecular weight is 564 g/mol. The van der Waals surface area contributed by atoms with E-state index in [2.05, 4.69) is 26.6 Å². The van der Waals surface area contributed by atoms with Crippen molar-refractivity contribution in [2.24, 2.45) is 5.92 Å². The second-order valence-electron chi connectivity index (χ2n) is 9.61. The van der Waals surface area contributed by atoms with Crippen molar-refractivity contribution < 1.29 is 13.2 Å². The Balaban J connectivity index is 1.19. The number of nitrogens with one attached hydrogen (secondary N) is 1. The first-order chi connectivity index (χ1) is 18.8. The van der Waals surface area contributed by atoms with Gasteiger partial charge in [-0.1, -0.05) is 18.2 Å². The van der Waals surface area contributed by atoms with Crippen molar-refractivity contribution in [3.63, 3.8) is 0 Å². The molecule has 0 atom stereocenters. The third kappa shape index (κ3) is 5.12. The molecule has 1 N–H and O–H groups in total. The Morgan fingerprint density at radius 3 is 2.74 bits per heavy atom. The Morgan fingerprint density at radius 1 is 1.15 bits per heavy atom. The summed E-state index contributed by atoms with van der Waals surface area (Å²) in [5.41, 5.74) is 4.41. The zero-order valence-corrected chi connectivity index (χ0v) is 22.8. The highest BCUT2D eigenvalue weighted by Gasteiger charge is 2.26. The molecule has 0 amide bonds. The number of hydrogen-bond donors (Lipinski definition) is 1. The standard InChI is InChI=1S/C27H26ClN7O3S/c1-3-39(36,37)35-10-8-18(9-11-35)15-34-16-19(13-30-34)24-14-29-22-6-7-25(26(28)27(22)33-24)38-20-4-5-21-23(12-20)32-17(2)31-21/h3-7,12-14,16,18H,1,8-11,15H2,2H3,(H,31,32). The van der Waals surface area contributed by atoms with Crippen LogP contribution in [0, 0.1) is 12.8 Å². The first kappa shape index (κ1) is 25.5. The molecule has 0 unspecified atom stereocenters. The summed E-state index contributed by atoms with van der Waals surface area (Å²) in [6.45, 7) is 6.99. The number of imidazole rings is 1. The molecule has 1 fully saturated rings. The van der Waals surface area contributed by atoms with Gasteiger partial charge in [-0.25, -0.2) is 18.4 Å². The minimum Gasteiger partial charge on any atom is -0.456 e. The molecule has 1 aliphatic heterocycles. The molecule has 200 valence electrons. The van der Waals surface area contributed by atoms with Crippen LogP contribution < -0.4 is 4.74 Å². The fraction of sp³-hybridized carbons (Fsp3) is 0.259. The van der Waals surface area contributed by atoms with Gasteiger partial charge >= 0.3 is 0 Å². The van der Waals surface area contributed by atoms with Crippen LogP contribution in [0.1, 0.15) is 18.7 Å². The third-order valence-electron chi connectivity index (χ3n) is 6.94. The van der Waals surface area contributed by atoms with Crippen LogP contribution in [0.5, 0.6) is 11.5 Å². The van der Waals surface area contributed by atoms with Crippen LogP contribution in [0.4, 0.5) is 0 Å². The fourth-order valence-corrected chi connectivity index (χ4v) is 6.03. The number of benzene rings is 2. The lowest BCUT2D eigenvalue weighted by molar-refractivity contribution is 0.249. The molecule has 4 heterocycles. The monoisotopic (exact) mass is 563 g/mol. The number of aromatic nitrogens is 6. The summed E-state index contributed by atoms with van der Waals surface area (Å²) >= 11 is 6.74. The normalized spacial score (nSPS) is 15.2. The molecule has 10 nitrogen and oxygen atoms in total.